The number of carbonyl (C=O) groups excluding carboxylic acids is 2. The van der Waals surface area contributed by atoms with Crippen LogP contribution in [0, 0.1) is 0 Å². The Morgan fingerprint density at radius 2 is 0.671 bits per heavy atom. The number of carboxylic acids is 1. The second-order valence-electron chi connectivity index (χ2n) is 23.9. The highest BCUT2D eigenvalue weighted by Crippen LogP contribution is 2.39. The number of aliphatic hydroxyl groups excluding tert-OH is 2. The largest absolute Gasteiger partial charge is 0.505 e. The highest BCUT2D eigenvalue weighted by atomic mass is 16.5. The summed E-state index contributed by atoms with van der Waals surface area (Å²) in [6, 6.07) is 33.6. The van der Waals surface area contributed by atoms with Gasteiger partial charge in [-0.3, -0.25) is 14.4 Å². The average Bonchev–Trinajstić information content (AvgIpc) is 2.48. The summed E-state index contributed by atoms with van der Waals surface area (Å²) in [7, 11) is 0. The van der Waals surface area contributed by atoms with Crippen molar-refractivity contribution in [1.82, 2.24) is 45.0 Å². The van der Waals surface area contributed by atoms with Crippen LogP contribution < -0.4 is 0 Å². The van der Waals surface area contributed by atoms with Gasteiger partial charge in [0.2, 0.25) is 0 Å². The zero-order valence-corrected chi connectivity index (χ0v) is 50.0. The van der Waals surface area contributed by atoms with Crippen molar-refractivity contribution < 1.29 is 54.5 Å². The first kappa shape index (κ1) is 63.8. The predicted molar refractivity (Wildman–Crippen MR) is 325 cm³/mol. The third kappa shape index (κ3) is 17.2. The summed E-state index contributed by atoms with van der Waals surface area (Å²) in [5, 5.41) is 85.3. The monoisotopic (exact) mass is 1160 g/mol. The number of rotatable bonds is 20. The summed E-state index contributed by atoms with van der Waals surface area (Å²) in [5.74, 6) is -1.18. The number of fused-ring (bicyclic) bond motifs is 3. The number of aliphatic hydroxyl groups is 2. The number of carbonyl (C=O) groups is 3. The van der Waals surface area contributed by atoms with Gasteiger partial charge in [-0.1, -0.05) is 117 Å². The van der Waals surface area contributed by atoms with Gasteiger partial charge in [0.25, 0.3) is 0 Å². The van der Waals surface area contributed by atoms with Gasteiger partial charge in [-0.2, -0.15) is 0 Å². The van der Waals surface area contributed by atoms with Crippen LogP contribution in [0.1, 0.15) is 141 Å². The predicted octanol–water partition coefficient (Wildman–Crippen LogP) is 10.8. The lowest BCUT2D eigenvalue weighted by Gasteiger charge is -2.23. The normalized spacial score (nSPS) is 11.8. The maximum absolute atomic E-state index is 12.7. The minimum absolute atomic E-state index is 0.0301. The van der Waals surface area contributed by atoms with Crippen LogP contribution in [0.2, 0.25) is 0 Å². The second kappa shape index (κ2) is 28.2. The number of carboxylic acid groups (broad SMARTS) is 1. The molecule has 0 radical (unpaired) electrons. The van der Waals surface area contributed by atoms with Crippen LogP contribution in [-0.4, -0.2) is 120 Å². The molecule has 0 atom stereocenters. The molecule has 0 aliphatic carbocycles. The number of phenols is 3. The molecule has 0 aliphatic heterocycles. The minimum atomic E-state index is -0.852. The molecule has 0 aliphatic rings. The Labute approximate surface area is 494 Å². The van der Waals surface area contributed by atoms with Gasteiger partial charge in [0.1, 0.15) is 67.4 Å². The molecule has 0 bridgehead atoms. The maximum Gasteiger partial charge on any atom is 0.306 e. The standard InChI is InChI=1S/C42H48N6O6.C19H21N3O3.C4H10O2/c1-41(2,3)29-23-27(25-35(39(29)51)47-43-31-13-7-8-14-32(31)44-47)17-19-37(49)53-21-11-12-22-54-38(50)20-18-28-24-30(42(4,5)6)40(52)36(26-28)48-45-33-15-9-10-16-34(33)46-48;1-19(2,3)13-10-12(8-9-17(23)24)11-16(18(13)25)22-20-14-6-4-5-7-15(14)21-22;5-3-1-2-4-6/h7-10,13-16,23-26,51-52H,11-12,17-22H2,1-6H3;4-7,10-11,25H,8-9H2,1-3H3,(H,23,24);5-6H,1-4H2. The molecular formula is C65H79N9O11. The molecule has 85 heavy (non-hydrogen) atoms. The molecule has 0 fully saturated rings. The molecular weight excluding hydrogens is 1080 g/mol. The zero-order valence-electron chi connectivity index (χ0n) is 50.0. The number of ether oxygens (including phenoxy) is 2. The van der Waals surface area contributed by atoms with Crippen LogP contribution in [0.15, 0.2) is 109 Å². The summed E-state index contributed by atoms with van der Waals surface area (Å²) >= 11 is 0. The number of aromatic hydroxyl groups is 3. The van der Waals surface area contributed by atoms with Crippen LogP contribution in [-0.2, 0) is 59.4 Å². The highest BCUT2D eigenvalue weighted by molar-refractivity contribution is 5.76. The topological polar surface area (TPSA) is 283 Å². The van der Waals surface area contributed by atoms with Gasteiger partial charge in [-0.25, -0.2) is 0 Å². The lowest BCUT2D eigenvalue weighted by molar-refractivity contribution is -0.146. The van der Waals surface area contributed by atoms with Crippen molar-refractivity contribution in [2.75, 3.05) is 26.4 Å². The van der Waals surface area contributed by atoms with E-state index in [1.807, 2.05) is 165 Å². The molecule has 0 unspecified atom stereocenters. The molecule has 20 nitrogen and oxygen atoms in total. The quantitative estimate of drug-likeness (QED) is 0.0305. The Hall–Kier alpha value is -8.75. The maximum atomic E-state index is 12.7. The fourth-order valence-electron chi connectivity index (χ4n) is 9.23. The summed E-state index contributed by atoms with van der Waals surface area (Å²) < 4.78 is 11.0. The van der Waals surface area contributed by atoms with Gasteiger partial charge in [0.15, 0.2) is 0 Å². The van der Waals surface area contributed by atoms with E-state index in [-0.39, 0.29) is 91.1 Å². The Morgan fingerprint density at radius 3 is 0.906 bits per heavy atom. The lowest BCUT2D eigenvalue weighted by Crippen LogP contribution is -2.15. The molecule has 3 aromatic heterocycles. The molecule has 9 rings (SSSR count). The van der Waals surface area contributed by atoms with Crippen molar-refractivity contribution in [2.45, 2.75) is 143 Å². The minimum Gasteiger partial charge on any atom is -0.505 e. The van der Waals surface area contributed by atoms with Crippen molar-refractivity contribution in [3.05, 3.63) is 143 Å². The zero-order chi connectivity index (χ0) is 61.6. The van der Waals surface area contributed by atoms with Gasteiger partial charge in [0, 0.05) is 49.2 Å². The van der Waals surface area contributed by atoms with E-state index in [1.54, 1.807) is 6.07 Å². The van der Waals surface area contributed by atoms with Crippen molar-refractivity contribution in [3.63, 3.8) is 0 Å². The summed E-state index contributed by atoms with van der Waals surface area (Å²) in [6.45, 7) is 18.9. The van der Waals surface area contributed by atoms with Gasteiger partial charge in [0.05, 0.1) is 13.2 Å². The average molecular weight is 1160 g/mol. The summed E-state index contributed by atoms with van der Waals surface area (Å²) in [5.41, 5.74) is 9.47. The summed E-state index contributed by atoms with van der Waals surface area (Å²) in [4.78, 5) is 40.5. The lowest BCUT2D eigenvalue weighted by atomic mass is 9.84. The second-order valence-corrected chi connectivity index (χ2v) is 23.9. The van der Waals surface area contributed by atoms with Crippen LogP contribution in [0.4, 0.5) is 0 Å². The van der Waals surface area contributed by atoms with E-state index >= 15 is 0 Å². The number of aromatic nitrogens is 9. The first-order valence-electron chi connectivity index (χ1n) is 28.7. The van der Waals surface area contributed by atoms with E-state index < -0.39 is 5.97 Å². The van der Waals surface area contributed by atoms with E-state index in [0.29, 0.717) is 71.2 Å². The number of phenolic OH excluding ortho intramolecular Hbond substituents is 3. The van der Waals surface area contributed by atoms with Gasteiger partial charge in [-0.15, -0.1) is 45.0 Å². The first-order valence-corrected chi connectivity index (χ1v) is 28.7. The van der Waals surface area contributed by atoms with E-state index in [2.05, 4.69) is 30.6 Å². The molecule has 450 valence electrons. The number of aliphatic carboxylic acids is 1. The fourth-order valence-corrected chi connectivity index (χ4v) is 9.23. The van der Waals surface area contributed by atoms with Crippen molar-refractivity contribution in [1.29, 1.82) is 0 Å². The molecule has 20 heteroatoms. The third-order valence-corrected chi connectivity index (χ3v) is 13.9. The van der Waals surface area contributed by atoms with E-state index in [0.717, 1.165) is 57.3 Å². The Balaban J connectivity index is 0.000000275. The van der Waals surface area contributed by atoms with Crippen molar-refractivity contribution in [3.8, 4) is 34.3 Å². The molecule has 6 aromatic carbocycles. The molecule has 6 N–H and O–H groups in total. The Bertz CT molecular complexity index is 3490. The van der Waals surface area contributed by atoms with Crippen LogP contribution in [0.5, 0.6) is 17.2 Å². The van der Waals surface area contributed by atoms with E-state index in [1.165, 1.54) is 14.4 Å². The van der Waals surface area contributed by atoms with Crippen LogP contribution in [0.25, 0.3) is 50.2 Å². The highest BCUT2D eigenvalue weighted by Gasteiger charge is 2.27. The fraction of sp³-hybridized carbons (Fsp3) is 0.400. The summed E-state index contributed by atoms with van der Waals surface area (Å²) in [6.07, 6.45) is 4.13. The molecule has 0 saturated carbocycles. The number of unbranched alkanes of at least 4 members (excludes halogenated alkanes) is 2. The number of nitrogens with zero attached hydrogens (tertiary/aromatic N) is 9. The number of hydrogen-bond donors (Lipinski definition) is 6. The van der Waals surface area contributed by atoms with E-state index in [9.17, 15) is 29.7 Å². The number of hydrogen-bond acceptors (Lipinski definition) is 16. The smallest absolute Gasteiger partial charge is 0.306 e. The molecule has 0 saturated heterocycles. The number of esters is 2. The van der Waals surface area contributed by atoms with Gasteiger partial charge >= 0.3 is 17.9 Å². The molecule has 0 spiro atoms. The van der Waals surface area contributed by atoms with Gasteiger partial charge < -0.3 is 40.1 Å². The third-order valence-electron chi connectivity index (χ3n) is 13.9. The molecule has 9 aromatic rings. The van der Waals surface area contributed by atoms with Crippen LogP contribution in [0.3, 0.4) is 0 Å². The SMILES string of the molecule is CC(C)(C)c1cc(CCC(=O)O)cc(-n2nc3ccccc3n2)c1O.CC(C)(C)c1cc(CCC(=O)OCCCCOC(=O)CCc2cc(-n3nc4ccccc4n3)c(O)c(C(C)(C)C)c2)cc(-n2nc3ccccc3n2)c1O.OCCCCO. The molecule has 3 heterocycles. The van der Waals surface area contributed by atoms with Gasteiger partial charge in [-0.05, 0) is 132 Å². The Morgan fingerprint density at radius 1 is 0.412 bits per heavy atom. The van der Waals surface area contributed by atoms with Crippen molar-refractivity contribution in [2.24, 2.45) is 0 Å². The Kier molecular flexibility index (Phi) is 21.2. The van der Waals surface area contributed by atoms with Crippen molar-refractivity contribution >= 4 is 51.0 Å². The molecule has 0 amide bonds. The number of aryl methyl sites for hydroxylation is 3. The first-order chi connectivity index (χ1) is 40.3. The number of benzene rings is 6. The van der Waals surface area contributed by atoms with E-state index in [4.69, 9.17) is 24.8 Å². The van der Waals surface area contributed by atoms with Crippen LogP contribution >= 0.6 is 0 Å².